The summed E-state index contributed by atoms with van der Waals surface area (Å²) in [6, 6.07) is 16.0. The molecule has 1 aromatic heterocycles. The third kappa shape index (κ3) is 3.94. The normalized spacial score (nSPS) is 10.0. The lowest BCUT2D eigenvalue weighted by atomic mass is 10.2. The number of rotatable bonds is 4. The van der Waals surface area contributed by atoms with Gasteiger partial charge in [0.25, 0.3) is 5.91 Å². The molecule has 0 saturated carbocycles. The third-order valence-corrected chi connectivity index (χ3v) is 3.68. The van der Waals surface area contributed by atoms with E-state index in [1.54, 1.807) is 30.3 Å². The van der Waals surface area contributed by atoms with Crippen LogP contribution in [0.1, 0.15) is 15.9 Å². The van der Waals surface area contributed by atoms with Crippen LogP contribution in [0.25, 0.3) is 0 Å². The first kappa shape index (κ1) is 17.3. The number of amides is 1. The van der Waals surface area contributed by atoms with Crippen molar-refractivity contribution >= 4 is 34.8 Å². The van der Waals surface area contributed by atoms with Crippen molar-refractivity contribution in [2.75, 3.05) is 10.6 Å². The van der Waals surface area contributed by atoms with Gasteiger partial charge < -0.3 is 10.6 Å². The molecule has 2 aromatic carbocycles. The number of hydrogen-bond acceptors (Lipinski definition) is 5. The summed E-state index contributed by atoms with van der Waals surface area (Å²) >= 11 is 5.86. The quantitative estimate of drug-likeness (QED) is 0.723. The summed E-state index contributed by atoms with van der Waals surface area (Å²) in [7, 11) is 0. The number of nitriles is 1. The average molecular weight is 368 g/mol. The van der Waals surface area contributed by atoms with E-state index in [2.05, 4.69) is 20.8 Å². The van der Waals surface area contributed by atoms with Gasteiger partial charge in [-0.05, 0) is 42.5 Å². The number of carbonyl (C=O) groups is 1. The lowest BCUT2D eigenvalue weighted by Crippen LogP contribution is -2.15. The number of halogens is 2. The van der Waals surface area contributed by atoms with Gasteiger partial charge in [0.2, 0.25) is 0 Å². The summed E-state index contributed by atoms with van der Waals surface area (Å²) in [5, 5.41) is 22.1. The van der Waals surface area contributed by atoms with E-state index in [-0.39, 0.29) is 16.4 Å². The van der Waals surface area contributed by atoms with Crippen molar-refractivity contribution in [3.63, 3.8) is 0 Å². The van der Waals surface area contributed by atoms with Crippen molar-refractivity contribution < 1.29 is 9.18 Å². The molecular formula is C18H11ClFN5O. The lowest BCUT2D eigenvalue weighted by Gasteiger charge is -2.08. The van der Waals surface area contributed by atoms with Crippen molar-refractivity contribution in [1.82, 2.24) is 10.2 Å². The van der Waals surface area contributed by atoms with Crippen molar-refractivity contribution in [3.8, 4) is 6.07 Å². The minimum Gasteiger partial charge on any atom is -0.339 e. The number of nitrogens with one attached hydrogen (secondary N) is 2. The number of hydrogen-bond donors (Lipinski definition) is 2. The topological polar surface area (TPSA) is 90.7 Å². The van der Waals surface area contributed by atoms with Gasteiger partial charge >= 0.3 is 0 Å². The predicted molar refractivity (Wildman–Crippen MR) is 95.8 cm³/mol. The van der Waals surface area contributed by atoms with Gasteiger partial charge in [0.1, 0.15) is 5.82 Å². The Morgan fingerprint density at radius 1 is 1.08 bits per heavy atom. The van der Waals surface area contributed by atoms with E-state index in [4.69, 9.17) is 16.9 Å². The van der Waals surface area contributed by atoms with Gasteiger partial charge in [0.15, 0.2) is 11.6 Å². The molecule has 0 unspecified atom stereocenters. The molecule has 0 atom stereocenters. The average Bonchev–Trinajstić information content (AvgIpc) is 2.63. The molecule has 0 fully saturated rings. The molecule has 0 aliphatic carbocycles. The summed E-state index contributed by atoms with van der Waals surface area (Å²) in [5.41, 5.74) is 0.924. The fourth-order valence-corrected chi connectivity index (χ4v) is 2.42. The van der Waals surface area contributed by atoms with Gasteiger partial charge in [0.05, 0.1) is 22.2 Å². The van der Waals surface area contributed by atoms with Gasteiger partial charge in [0, 0.05) is 5.69 Å². The number of aromatic nitrogens is 2. The number of anilines is 3. The number of carbonyl (C=O) groups excluding carboxylic acids is 1. The highest BCUT2D eigenvalue weighted by molar-refractivity contribution is 6.34. The van der Waals surface area contributed by atoms with Crippen LogP contribution in [-0.4, -0.2) is 16.1 Å². The van der Waals surface area contributed by atoms with E-state index in [1.807, 2.05) is 6.07 Å². The summed E-state index contributed by atoms with van der Waals surface area (Å²) < 4.78 is 13.8. The smallest absolute Gasteiger partial charge is 0.261 e. The van der Waals surface area contributed by atoms with E-state index in [1.165, 1.54) is 18.2 Å². The Kier molecular flexibility index (Phi) is 5.06. The molecule has 8 heteroatoms. The van der Waals surface area contributed by atoms with Crippen LogP contribution < -0.4 is 10.6 Å². The van der Waals surface area contributed by atoms with Gasteiger partial charge in [-0.3, -0.25) is 4.79 Å². The van der Waals surface area contributed by atoms with Crippen LogP contribution in [0, 0.1) is 17.1 Å². The zero-order valence-corrected chi connectivity index (χ0v) is 14.0. The molecule has 26 heavy (non-hydrogen) atoms. The predicted octanol–water partition coefficient (Wildman–Crippen LogP) is 4.14. The largest absolute Gasteiger partial charge is 0.339 e. The maximum atomic E-state index is 13.8. The van der Waals surface area contributed by atoms with Crippen LogP contribution in [0.4, 0.5) is 21.7 Å². The van der Waals surface area contributed by atoms with Crippen LogP contribution in [0.5, 0.6) is 0 Å². The molecule has 0 aliphatic heterocycles. The highest BCUT2D eigenvalue weighted by Crippen LogP contribution is 2.20. The van der Waals surface area contributed by atoms with Gasteiger partial charge in [-0.15, -0.1) is 10.2 Å². The lowest BCUT2D eigenvalue weighted by molar-refractivity contribution is 0.102. The van der Waals surface area contributed by atoms with Crippen molar-refractivity contribution in [3.05, 3.63) is 76.6 Å². The molecule has 0 saturated heterocycles. The summed E-state index contributed by atoms with van der Waals surface area (Å²) in [6.07, 6.45) is 0. The molecular weight excluding hydrogens is 357 g/mol. The molecule has 3 aromatic rings. The first-order chi connectivity index (χ1) is 12.6. The molecule has 6 nitrogen and oxygen atoms in total. The van der Waals surface area contributed by atoms with Crippen LogP contribution >= 0.6 is 11.6 Å². The molecule has 2 N–H and O–H groups in total. The van der Waals surface area contributed by atoms with Crippen molar-refractivity contribution in [2.24, 2.45) is 0 Å². The highest BCUT2D eigenvalue weighted by atomic mass is 35.5. The Hall–Kier alpha value is -3.50. The van der Waals surface area contributed by atoms with Gasteiger partial charge in [-0.1, -0.05) is 23.7 Å². The Morgan fingerprint density at radius 3 is 2.50 bits per heavy atom. The zero-order chi connectivity index (χ0) is 18.5. The number of benzene rings is 2. The van der Waals surface area contributed by atoms with Crippen LogP contribution in [0.2, 0.25) is 5.02 Å². The van der Waals surface area contributed by atoms with E-state index in [9.17, 15) is 9.18 Å². The van der Waals surface area contributed by atoms with E-state index in [0.717, 1.165) is 6.07 Å². The fourth-order valence-electron chi connectivity index (χ4n) is 2.17. The fraction of sp³-hybridized carbons (Fsp3) is 0. The summed E-state index contributed by atoms with van der Waals surface area (Å²) in [6.45, 7) is 0. The monoisotopic (exact) mass is 367 g/mol. The summed E-state index contributed by atoms with van der Waals surface area (Å²) in [4.78, 5) is 12.2. The molecule has 0 bridgehead atoms. The van der Waals surface area contributed by atoms with Crippen LogP contribution in [0.3, 0.4) is 0 Å². The zero-order valence-electron chi connectivity index (χ0n) is 13.2. The molecule has 1 amide bonds. The maximum absolute atomic E-state index is 13.8. The second kappa shape index (κ2) is 7.59. The maximum Gasteiger partial charge on any atom is 0.261 e. The Labute approximate surface area is 153 Å². The summed E-state index contributed by atoms with van der Waals surface area (Å²) in [5.74, 6) is -0.879. The van der Waals surface area contributed by atoms with Gasteiger partial charge in [-0.25, -0.2) is 4.39 Å². The molecule has 0 radical (unpaired) electrons. The molecule has 1 heterocycles. The van der Waals surface area contributed by atoms with Crippen LogP contribution in [-0.2, 0) is 0 Å². The Balaban J connectivity index is 1.71. The molecule has 0 spiro atoms. The standard InChI is InChI=1S/C18H11ClFN5O/c19-13-5-2-6-14(20)17(13)18(26)23-16-8-7-15(24-25-16)22-12-4-1-3-11(9-12)10-21/h1-9H,(H,22,24)(H,23,25,26). The minimum absolute atomic E-state index is 0.00567. The highest BCUT2D eigenvalue weighted by Gasteiger charge is 2.16. The van der Waals surface area contributed by atoms with Crippen molar-refractivity contribution in [2.45, 2.75) is 0 Å². The van der Waals surface area contributed by atoms with Gasteiger partial charge in [-0.2, -0.15) is 5.26 Å². The third-order valence-electron chi connectivity index (χ3n) is 3.36. The van der Waals surface area contributed by atoms with E-state index in [0.29, 0.717) is 17.1 Å². The molecule has 0 aliphatic rings. The number of nitrogens with zero attached hydrogens (tertiary/aromatic N) is 3. The molecule has 128 valence electrons. The first-order valence-electron chi connectivity index (χ1n) is 7.43. The molecule has 3 rings (SSSR count). The Morgan fingerprint density at radius 2 is 1.81 bits per heavy atom. The van der Waals surface area contributed by atoms with Crippen LogP contribution in [0.15, 0.2) is 54.6 Å². The van der Waals surface area contributed by atoms with Crippen molar-refractivity contribution in [1.29, 1.82) is 5.26 Å². The second-order valence-electron chi connectivity index (χ2n) is 5.17. The van der Waals surface area contributed by atoms with E-state index < -0.39 is 11.7 Å². The second-order valence-corrected chi connectivity index (χ2v) is 5.58. The SMILES string of the molecule is N#Cc1cccc(Nc2ccc(NC(=O)c3c(F)cccc3Cl)nn2)c1. The minimum atomic E-state index is -0.723. The van der Waals surface area contributed by atoms with E-state index >= 15 is 0 Å². The Bertz CT molecular complexity index is 981. The first-order valence-corrected chi connectivity index (χ1v) is 7.81.